The molecule has 1 fully saturated rings. The largest absolute Gasteiger partial charge is 0.454 e. The van der Waals surface area contributed by atoms with Crippen LogP contribution in [0.4, 0.5) is 0 Å². The lowest BCUT2D eigenvalue weighted by atomic mass is 10.1. The summed E-state index contributed by atoms with van der Waals surface area (Å²) in [5, 5.41) is 15.1. The normalized spacial score (nSPS) is 17.0. The molecule has 180 valence electrons. The Morgan fingerprint density at radius 1 is 0.886 bits per heavy atom. The van der Waals surface area contributed by atoms with E-state index in [0.717, 1.165) is 63.0 Å². The van der Waals surface area contributed by atoms with Gasteiger partial charge in [-0.15, -0.1) is 16.4 Å². The van der Waals surface area contributed by atoms with Gasteiger partial charge in [0.05, 0.1) is 0 Å². The van der Waals surface area contributed by atoms with Crippen LogP contribution in [0.2, 0.25) is 0 Å². The van der Waals surface area contributed by atoms with Gasteiger partial charge in [0, 0.05) is 44.1 Å². The van der Waals surface area contributed by atoms with Gasteiger partial charge in [0.15, 0.2) is 17.3 Å². The van der Waals surface area contributed by atoms with Crippen molar-refractivity contribution in [2.24, 2.45) is 0 Å². The summed E-state index contributed by atoms with van der Waals surface area (Å²) in [5.41, 5.74) is 2.54. The molecule has 0 saturated carbocycles. The van der Waals surface area contributed by atoms with Crippen molar-refractivity contribution in [1.82, 2.24) is 30.0 Å². The number of aryl methyl sites for hydroxylation is 2. The van der Waals surface area contributed by atoms with Crippen molar-refractivity contribution in [3.63, 3.8) is 0 Å². The van der Waals surface area contributed by atoms with E-state index in [1.165, 1.54) is 16.0 Å². The van der Waals surface area contributed by atoms with Crippen LogP contribution in [-0.2, 0) is 19.5 Å². The molecule has 0 unspecified atom stereocenters. The van der Waals surface area contributed by atoms with E-state index in [0.29, 0.717) is 6.79 Å². The number of fused-ring (bicyclic) bond motifs is 1. The predicted octanol–water partition coefficient (Wildman–Crippen LogP) is 3.61. The molecule has 0 bridgehead atoms. The molecule has 4 aromatic rings. The number of hydrogen-bond acceptors (Lipinski definition) is 8. The maximum Gasteiger partial charge on any atom is 0.231 e. The van der Waals surface area contributed by atoms with Crippen molar-refractivity contribution in [2.75, 3.05) is 33.0 Å². The van der Waals surface area contributed by atoms with Gasteiger partial charge in [0.2, 0.25) is 6.79 Å². The lowest BCUT2D eigenvalue weighted by molar-refractivity contribution is 0.101. The van der Waals surface area contributed by atoms with E-state index in [9.17, 15) is 0 Å². The van der Waals surface area contributed by atoms with Crippen LogP contribution in [0.25, 0.3) is 0 Å². The van der Waals surface area contributed by atoms with Crippen LogP contribution in [0.5, 0.6) is 11.5 Å². The summed E-state index contributed by atoms with van der Waals surface area (Å²) in [7, 11) is 0. The second-order valence-electron chi connectivity index (χ2n) is 8.91. The SMILES string of the molecule is c1ccc(CCn2nnnc2[C@@H](c2cccs2)N2CCN(Cc3ccc4c(c3)OCO4)CC2)cc1. The zero-order valence-electron chi connectivity index (χ0n) is 19.5. The summed E-state index contributed by atoms with van der Waals surface area (Å²) < 4.78 is 13.0. The molecular weight excluding hydrogens is 460 g/mol. The van der Waals surface area contributed by atoms with Crippen LogP contribution < -0.4 is 9.47 Å². The summed E-state index contributed by atoms with van der Waals surface area (Å²) in [4.78, 5) is 6.30. The fourth-order valence-corrected chi connectivity index (χ4v) is 5.70. The highest BCUT2D eigenvalue weighted by Crippen LogP contribution is 2.34. The van der Waals surface area contributed by atoms with Gasteiger partial charge in [0.1, 0.15) is 6.04 Å². The van der Waals surface area contributed by atoms with Crippen LogP contribution in [-0.4, -0.2) is 63.0 Å². The third kappa shape index (κ3) is 4.93. The highest BCUT2D eigenvalue weighted by Gasteiger charge is 2.31. The Labute approximate surface area is 208 Å². The zero-order chi connectivity index (χ0) is 23.5. The number of thiophene rings is 1. The van der Waals surface area contributed by atoms with Crippen LogP contribution in [0.15, 0.2) is 66.0 Å². The average Bonchev–Trinajstić information content (AvgIpc) is 3.67. The lowest BCUT2D eigenvalue weighted by Crippen LogP contribution is -2.47. The number of rotatable bonds is 8. The summed E-state index contributed by atoms with van der Waals surface area (Å²) in [5.74, 6) is 2.61. The molecule has 35 heavy (non-hydrogen) atoms. The van der Waals surface area contributed by atoms with Crippen molar-refractivity contribution >= 4 is 11.3 Å². The number of ether oxygens (including phenoxy) is 2. The monoisotopic (exact) mass is 488 g/mol. The minimum Gasteiger partial charge on any atom is -0.454 e. The fourth-order valence-electron chi connectivity index (χ4n) is 4.84. The zero-order valence-corrected chi connectivity index (χ0v) is 20.3. The number of tetrazole rings is 1. The highest BCUT2D eigenvalue weighted by atomic mass is 32.1. The topological polar surface area (TPSA) is 68.5 Å². The Morgan fingerprint density at radius 2 is 1.74 bits per heavy atom. The van der Waals surface area contributed by atoms with Gasteiger partial charge in [-0.05, 0) is 51.6 Å². The molecule has 2 aliphatic heterocycles. The van der Waals surface area contributed by atoms with Crippen LogP contribution in [0, 0.1) is 0 Å². The van der Waals surface area contributed by atoms with Crippen LogP contribution in [0.1, 0.15) is 27.9 Å². The third-order valence-electron chi connectivity index (χ3n) is 6.69. The van der Waals surface area contributed by atoms with Crippen molar-refractivity contribution in [3.8, 4) is 11.5 Å². The van der Waals surface area contributed by atoms with Crippen LogP contribution in [0.3, 0.4) is 0 Å². The molecule has 0 aliphatic carbocycles. The molecule has 2 aromatic carbocycles. The van der Waals surface area contributed by atoms with Crippen molar-refractivity contribution in [1.29, 1.82) is 0 Å². The Kier molecular flexibility index (Phi) is 6.44. The van der Waals surface area contributed by atoms with Gasteiger partial charge in [0.25, 0.3) is 0 Å². The van der Waals surface area contributed by atoms with E-state index in [-0.39, 0.29) is 6.04 Å². The summed E-state index contributed by atoms with van der Waals surface area (Å²) in [6, 6.07) is 21.1. The van der Waals surface area contributed by atoms with Crippen molar-refractivity contribution in [3.05, 3.63) is 87.9 Å². The van der Waals surface area contributed by atoms with Gasteiger partial charge in [-0.2, -0.15) is 0 Å². The summed E-state index contributed by atoms with van der Waals surface area (Å²) in [6.07, 6.45) is 0.902. The molecule has 1 saturated heterocycles. The van der Waals surface area contributed by atoms with Crippen LogP contribution >= 0.6 is 11.3 Å². The van der Waals surface area contributed by atoms with E-state index in [4.69, 9.17) is 9.47 Å². The van der Waals surface area contributed by atoms with Gasteiger partial charge >= 0.3 is 0 Å². The molecular formula is C26H28N6O2S. The first-order chi connectivity index (χ1) is 17.3. The maximum absolute atomic E-state index is 5.55. The summed E-state index contributed by atoms with van der Waals surface area (Å²) in [6.45, 7) is 5.87. The minimum absolute atomic E-state index is 0.0634. The Morgan fingerprint density at radius 3 is 2.57 bits per heavy atom. The number of aromatic nitrogens is 4. The van der Waals surface area contributed by atoms with Crippen molar-refractivity contribution < 1.29 is 9.47 Å². The van der Waals surface area contributed by atoms with Gasteiger partial charge in [-0.25, -0.2) is 4.68 Å². The first-order valence-electron chi connectivity index (χ1n) is 12.0. The van der Waals surface area contributed by atoms with Crippen molar-refractivity contribution in [2.45, 2.75) is 25.6 Å². The Balaban J connectivity index is 1.15. The smallest absolute Gasteiger partial charge is 0.231 e. The number of benzene rings is 2. The molecule has 4 heterocycles. The minimum atomic E-state index is 0.0634. The quantitative estimate of drug-likeness (QED) is 0.375. The molecule has 0 radical (unpaired) electrons. The van der Waals surface area contributed by atoms with E-state index < -0.39 is 0 Å². The second kappa shape index (κ2) is 10.2. The molecule has 8 nitrogen and oxygen atoms in total. The molecule has 0 amide bonds. The van der Waals surface area contributed by atoms with Gasteiger partial charge in [-0.1, -0.05) is 42.5 Å². The second-order valence-corrected chi connectivity index (χ2v) is 9.89. The number of nitrogens with zero attached hydrogens (tertiary/aromatic N) is 6. The summed E-state index contributed by atoms with van der Waals surface area (Å²) >= 11 is 1.77. The predicted molar refractivity (Wildman–Crippen MR) is 134 cm³/mol. The Bertz CT molecular complexity index is 1240. The van der Waals surface area contributed by atoms with Gasteiger partial charge in [-0.3, -0.25) is 9.80 Å². The first-order valence-corrected chi connectivity index (χ1v) is 12.9. The van der Waals surface area contributed by atoms with E-state index in [2.05, 4.69) is 79.2 Å². The van der Waals surface area contributed by atoms with E-state index >= 15 is 0 Å². The Hall–Kier alpha value is -3.27. The van der Waals surface area contributed by atoms with E-state index in [1.54, 1.807) is 11.3 Å². The molecule has 9 heteroatoms. The number of hydrogen-bond donors (Lipinski definition) is 0. The highest BCUT2D eigenvalue weighted by molar-refractivity contribution is 7.10. The number of piperazine rings is 1. The molecule has 1 atom stereocenters. The fraction of sp³-hybridized carbons (Fsp3) is 0.346. The average molecular weight is 489 g/mol. The molecule has 0 spiro atoms. The molecule has 6 rings (SSSR count). The molecule has 2 aliphatic rings. The van der Waals surface area contributed by atoms with Gasteiger partial charge < -0.3 is 9.47 Å². The third-order valence-corrected chi connectivity index (χ3v) is 7.61. The maximum atomic E-state index is 5.55. The first kappa shape index (κ1) is 22.2. The molecule has 2 aromatic heterocycles. The van der Waals surface area contributed by atoms with E-state index in [1.807, 2.05) is 16.8 Å². The molecule has 0 N–H and O–H groups in total. The lowest BCUT2D eigenvalue weighted by Gasteiger charge is -2.38. The standard InChI is InChI=1S/C26H28N6O2S/c1-2-5-20(6-3-1)10-11-32-26(27-28-29-32)25(24-7-4-16-35-24)31-14-12-30(13-15-31)18-21-8-9-22-23(17-21)34-19-33-22/h1-9,16-17,25H,10-15,18-19H2/t25-/m1/s1.